The van der Waals surface area contributed by atoms with Crippen molar-refractivity contribution in [2.24, 2.45) is 0 Å². The van der Waals surface area contributed by atoms with Gasteiger partial charge in [0.15, 0.2) is 0 Å². The Bertz CT molecular complexity index is 557. The van der Waals surface area contributed by atoms with Gasteiger partial charge in [0.2, 0.25) is 5.91 Å². The summed E-state index contributed by atoms with van der Waals surface area (Å²) < 4.78 is 5.35. The zero-order valence-corrected chi connectivity index (χ0v) is 11.0. The molecule has 3 rings (SSSR count). The molecule has 1 N–H and O–H groups in total. The molecular weight excluding hydrogens is 250 g/mol. The van der Waals surface area contributed by atoms with Crippen LogP contribution in [0.5, 0.6) is 0 Å². The number of amides is 1. The molecule has 0 bridgehead atoms. The highest BCUT2D eigenvalue weighted by Gasteiger charge is 2.47. The normalized spacial score (nSPS) is 25.8. The number of nitrogens with one attached hydrogen (secondary N) is 1. The van der Waals surface area contributed by atoms with Crippen LogP contribution in [-0.4, -0.2) is 17.5 Å². The van der Waals surface area contributed by atoms with Crippen LogP contribution >= 0.6 is 11.3 Å². The van der Waals surface area contributed by atoms with Gasteiger partial charge >= 0.3 is 5.97 Å². The summed E-state index contributed by atoms with van der Waals surface area (Å²) >= 11 is 1.56. The molecule has 0 saturated heterocycles. The van der Waals surface area contributed by atoms with Gasteiger partial charge in [0, 0.05) is 17.2 Å². The maximum atomic E-state index is 12.0. The summed E-state index contributed by atoms with van der Waals surface area (Å²) in [4.78, 5) is 24.8. The zero-order valence-electron chi connectivity index (χ0n) is 10.1. The van der Waals surface area contributed by atoms with E-state index in [2.05, 4.69) is 5.32 Å². The zero-order chi connectivity index (χ0) is 12.9. The SMILES string of the molecule is CC1(C)OC(=O)C2=C1NC(=O)C[C@H]2c1cccs1. The van der Waals surface area contributed by atoms with Crippen molar-refractivity contribution in [1.82, 2.24) is 5.32 Å². The van der Waals surface area contributed by atoms with Gasteiger partial charge in [0.25, 0.3) is 0 Å². The van der Waals surface area contributed by atoms with E-state index < -0.39 is 5.60 Å². The van der Waals surface area contributed by atoms with Crippen LogP contribution in [0, 0.1) is 0 Å². The van der Waals surface area contributed by atoms with E-state index in [1.54, 1.807) is 25.2 Å². The molecule has 5 heteroatoms. The van der Waals surface area contributed by atoms with Crippen LogP contribution in [0.15, 0.2) is 28.8 Å². The Hall–Kier alpha value is -1.62. The summed E-state index contributed by atoms with van der Waals surface area (Å²) in [5.74, 6) is -0.532. The lowest BCUT2D eigenvalue weighted by atomic mass is 9.86. The van der Waals surface area contributed by atoms with Gasteiger partial charge < -0.3 is 10.1 Å². The molecule has 2 aliphatic heterocycles. The van der Waals surface area contributed by atoms with Crippen molar-refractivity contribution in [1.29, 1.82) is 0 Å². The fourth-order valence-electron chi connectivity index (χ4n) is 2.51. The average molecular weight is 263 g/mol. The number of carbonyl (C=O) groups is 2. The van der Waals surface area contributed by atoms with Crippen molar-refractivity contribution in [2.75, 3.05) is 0 Å². The number of carbonyl (C=O) groups excluding carboxylic acids is 2. The molecule has 0 aromatic carbocycles. The topological polar surface area (TPSA) is 55.4 Å². The lowest BCUT2D eigenvalue weighted by molar-refractivity contribution is -0.144. The minimum absolute atomic E-state index is 0.0569. The summed E-state index contributed by atoms with van der Waals surface area (Å²) in [5, 5.41) is 4.74. The molecule has 1 amide bonds. The third-order valence-corrected chi connectivity index (χ3v) is 4.31. The highest BCUT2D eigenvalue weighted by Crippen LogP contribution is 2.43. The number of hydrogen-bond donors (Lipinski definition) is 1. The fraction of sp³-hybridized carbons (Fsp3) is 0.385. The highest BCUT2D eigenvalue weighted by molar-refractivity contribution is 7.10. The summed E-state index contributed by atoms with van der Waals surface area (Å²) in [6, 6.07) is 3.88. The standard InChI is InChI=1S/C13H13NO3S/c1-13(2)11-10(12(16)17-13)7(6-9(15)14-11)8-4-3-5-18-8/h3-5,7H,6H2,1-2H3,(H,14,15)/t7-/m0/s1. The molecule has 0 radical (unpaired) electrons. The van der Waals surface area contributed by atoms with E-state index in [9.17, 15) is 9.59 Å². The Balaban J connectivity index is 2.13. The summed E-state index contributed by atoms with van der Waals surface area (Å²) in [6.07, 6.45) is 0.310. The number of cyclic esters (lactones) is 1. The Morgan fingerprint density at radius 2 is 2.22 bits per heavy atom. The molecule has 18 heavy (non-hydrogen) atoms. The average Bonchev–Trinajstić information content (AvgIpc) is 2.86. The molecule has 0 unspecified atom stereocenters. The van der Waals surface area contributed by atoms with Gasteiger partial charge in [-0.25, -0.2) is 4.79 Å². The van der Waals surface area contributed by atoms with E-state index in [4.69, 9.17) is 4.74 Å². The molecule has 0 spiro atoms. The Kier molecular flexibility index (Phi) is 2.35. The van der Waals surface area contributed by atoms with E-state index in [1.165, 1.54) is 0 Å². The molecular formula is C13H13NO3S. The maximum absolute atomic E-state index is 12.0. The lowest BCUT2D eigenvalue weighted by Crippen LogP contribution is -2.38. The Labute approximate surface area is 109 Å². The Morgan fingerprint density at radius 3 is 2.89 bits per heavy atom. The fourth-order valence-corrected chi connectivity index (χ4v) is 3.35. The number of rotatable bonds is 1. The van der Waals surface area contributed by atoms with E-state index in [0.717, 1.165) is 4.88 Å². The van der Waals surface area contributed by atoms with Crippen LogP contribution < -0.4 is 5.32 Å². The van der Waals surface area contributed by atoms with Crippen LogP contribution in [0.25, 0.3) is 0 Å². The molecule has 1 atom stereocenters. The number of esters is 1. The molecule has 4 nitrogen and oxygen atoms in total. The summed E-state index contributed by atoms with van der Waals surface area (Å²) in [6.45, 7) is 3.59. The second-order valence-electron chi connectivity index (χ2n) is 5.01. The first-order chi connectivity index (χ1) is 8.49. The molecule has 3 heterocycles. The number of thiophene rings is 1. The molecule has 0 fully saturated rings. The van der Waals surface area contributed by atoms with Crippen LogP contribution in [0.4, 0.5) is 0 Å². The minimum Gasteiger partial charge on any atom is -0.450 e. The quantitative estimate of drug-likeness (QED) is 0.788. The minimum atomic E-state index is -0.738. The van der Waals surface area contributed by atoms with Crippen LogP contribution in [0.2, 0.25) is 0 Å². The molecule has 0 aliphatic carbocycles. The van der Waals surface area contributed by atoms with Crippen molar-refractivity contribution in [2.45, 2.75) is 31.8 Å². The van der Waals surface area contributed by atoms with Gasteiger partial charge in [0.1, 0.15) is 5.60 Å². The van der Waals surface area contributed by atoms with E-state index >= 15 is 0 Å². The van der Waals surface area contributed by atoms with E-state index in [0.29, 0.717) is 17.7 Å². The first-order valence-electron chi connectivity index (χ1n) is 5.80. The predicted molar refractivity (Wildman–Crippen MR) is 67.0 cm³/mol. The van der Waals surface area contributed by atoms with Gasteiger partial charge in [-0.3, -0.25) is 4.79 Å². The molecule has 2 aliphatic rings. The van der Waals surface area contributed by atoms with Crippen LogP contribution in [0.3, 0.4) is 0 Å². The third-order valence-electron chi connectivity index (χ3n) is 3.33. The van der Waals surface area contributed by atoms with Crippen molar-refractivity contribution < 1.29 is 14.3 Å². The van der Waals surface area contributed by atoms with Crippen molar-refractivity contribution in [3.05, 3.63) is 33.7 Å². The highest BCUT2D eigenvalue weighted by atomic mass is 32.1. The smallest absolute Gasteiger partial charge is 0.337 e. The second-order valence-corrected chi connectivity index (χ2v) is 5.99. The van der Waals surface area contributed by atoms with Crippen LogP contribution in [0.1, 0.15) is 31.1 Å². The van der Waals surface area contributed by atoms with Crippen molar-refractivity contribution in [3.63, 3.8) is 0 Å². The van der Waals surface area contributed by atoms with Gasteiger partial charge in [-0.05, 0) is 25.3 Å². The van der Waals surface area contributed by atoms with Crippen molar-refractivity contribution in [3.8, 4) is 0 Å². The molecule has 0 saturated carbocycles. The maximum Gasteiger partial charge on any atom is 0.337 e. The summed E-state index contributed by atoms with van der Waals surface area (Å²) in [5.41, 5.74) is 0.502. The van der Waals surface area contributed by atoms with Gasteiger partial charge in [-0.1, -0.05) is 6.07 Å². The van der Waals surface area contributed by atoms with Gasteiger partial charge in [0.05, 0.1) is 11.3 Å². The molecule has 1 aromatic heterocycles. The largest absolute Gasteiger partial charge is 0.450 e. The first kappa shape index (κ1) is 11.5. The van der Waals surface area contributed by atoms with E-state index in [1.807, 2.05) is 17.5 Å². The van der Waals surface area contributed by atoms with Crippen molar-refractivity contribution >= 4 is 23.2 Å². The van der Waals surface area contributed by atoms with E-state index in [-0.39, 0.29) is 17.8 Å². The number of ether oxygens (including phenoxy) is 1. The predicted octanol–water partition coefficient (Wildman–Crippen LogP) is 1.94. The first-order valence-corrected chi connectivity index (χ1v) is 6.68. The lowest BCUT2D eigenvalue weighted by Gasteiger charge is -2.26. The summed E-state index contributed by atoms with van der Waals surface area (Å²) in [7, 11) is 0. The third kappa shape index (κ3) is 1.58. The van der Waals surface area contributed by atoms with Gasteiger partial charge in [-0.15, -0.1) is 11.3 Å². The van der Waals surface area contributed by atoms with Gasteiger partial charge in [-0.2, -0.15) is 0 Å². The second kappa shape index (κ2) is 3.68. The number of hydrogen-bond acceptors (Lipinski definition) is 4. The van der Waals surface area contributed by atoms with Crippen LogP contribution in [-0.2, 0) is 14.3 Å². The Morgan fingerprint density at radius 1 is 1.44 bits per heavy atom. The molecule has 1 aromatic rings. The molecule has 94 valence electrons. The monoisotopic (exact) mass is 263 g/mol.